The highest BCUT2D eigenvalue weighted by Gasteiger charge is 2.17. The highest BCUT2D eigenvalue weighted by atomic mass is 35.5. The minimum absolute atomic E-state index is 0.0568. The lowest BCUT2D eigenvalue weighted by Crippen LogP contribution is -2.13. The van der Waals surface area contributed by atoms with Crippen molar-refractivity contribution in [2.24, 2.45) is 0 Å². The van der Waals surface area contributed by atoms with Crippen LogP contribution in [-0.4, -0.2) is 23.6 Å². The second-order valence-electron chi connectivity index (χ2n) is 7.46. The van der Waals surface area contributed by atoms with Crippen molar-refractivity contribution in [1.29, 1.82) is 0 Å². The average molecular weight is 488 g/mol. The van der Waals surface area contributed by atoms with E-state index in [1.54, 1.807) is 36.7 Å². The van der Waals surface area contributed by atoms with Crippen LogP contribution >= 0.6 is 11.6 Å². The SMILES string of the molecule is O=S(=O)(Nc1cc(-c2ccc3nncc(Nc4ccccc4)c3c2)cnc1Cl)c1ccccc1. The van der Waals surface area contributed by atoms with Crippen molar-refractivity contribution in [1.82, 2.24) is 15.2 Å². The van der Waals surface area contributed by atoms with Gasteiger partial charge in [0, 0.05) is 22.8 Å². The Hall–Kier alpha value is -4.01. The Labute approximate surface area is 201 Å². The fourth-order valence-electron chi connectivity index (χ4n) is 3.49. The summed E-state index contributed by atoms with van der Waals surface area (Å²) in [6.07, 6.45) is 3.27. The molecule has 0 bridgehead atoms. The van der Waals surface area contributed by atoms with E-state index in [2.05, 4.69) is 25.2 Å². The lowest BCUT2D eigenvalue weighted by atomic mass is 10.0. The van der Waals surface area contributed by atoms with Crippen molar-refractivity contribution in [3.63, 3.8) is 0 Å². The van der Waals surface area contributed by atoms with Gasteiger partial charge in [-0.3, -0.25) is 4.72 Å². The van der Waals surface area contributed by atoms with Gasteiger partial charge in [0.1, 0.15) is 0 Å². The van der Waals surface area contributed by atoms with Crippen LogP contribution in [0, 0.1) is 0 Å². The molecule has 0 aliphatic heterocycles. The number of hydrogen-bond acceptors (Lipinski definition) is 6. The van der Waals surface area contributed by atoms with Crippen LogP contribution in [0.1, 0.15) is 0 Å². The third-order valence-corrected chi connectivity index (χ3v) is 6.84. The van der Waals surface area contributed by atoms with Gasteiger partial charge in [0.2, 0.25) is 0 Å². The van der Waals surface area contributed by atoms with Crippen LogP contribution in [0.4, 0.5) is 17.1 Å². The second-order valence-corrected chi connectivity index (χ2v) is 9.50. The van der Waals surface area contributed by atoms with Crippen LogP contribution in [0.5, 0.6) is 0 Å². The van der Waals surface area contributed by atoms with E-state index in [1.807, 2.05) is 48.5 Å². The molecule has 2 heterocycles. The van der Waals surface area contributed by atoms with Crippen molar-refractivity contribution in [3.05, 3.63) is 102 Å². The molecule has 0 atom stereocenters. The molecule has 0 amide bonds. The zero-order valence-electron chi connectivity index (χ0n) is 17.7. The number of fused-ring (bicyclic) bond motifs is 1. The fraction of sp³-hybridized carbons (Fsp3) is 0. The number of nitrogens with zero attached hydrogens (tertiary/aromatic N) is 3. The number of rotatable bonds is 6. The highest BCUT2D eigenvalue weighted by molar-refractivity contribution is 7.92. The molecule has 0 spiro atoms. The van der Waals surface area contributed by atoms with Gasteiger partial charge in [0.25, 0.3) is 10.0 Å². The summed E-state index contributed by atoms with van der Waals surface area (Å²) in [5.74, 6) is 0. The van der Waals surface area contributed by atoms with Gasteiger partial charge in [-0.2, -0.15) is 10.2 Å². The fourth-order valence-corrected chi connectivity index (χ4v) is 4.78. The molecular weight excluding hydrogens is 470 g/mol. The van der Waals surface area contributed by atoms with Gasteiger partial charge in [-0.25, -0.2) is 13.4 Å². The van der Waals surface area contributed by atoms with Gasteiger partial charge in [-0.1, -0.05) is 54.1 Å². The topological polar surface area (TPSA) is 96.9 Å². The van der Waals surface area contributed by atoms with E-state index >= 15 is 0 Å². The van der Waals surface area contributed by atoms with E-state index < -0.39 is 10.0 Å². The summed E-state index contributed by atoms with van der Waals surface area (Å²) < 4.78 is 28.1. The predicted molar refractivity (Wildman–Crippen MR) is 135 cm³/mol. The number of sulfonamides is 1. The standard InChI is InChI=1S/C25H18ClN5O2S/c26-25-23(31-34(32,33)20-9-5-2-6-10-20)14-18(15-27-25)17-11-12-22-21(13-17)24(16-28-30-22)29-19-7-3-1-4-8-19/h1-16,31H,(H,29,30). The quantitative estimate of drug-likeness (QED) is 0.290. The first-order chi connectivity index (χ1) is 16.5. The van der Waals surface area contributed by atoms with E-state index in [0.29, 0.717) is 5.56 Å². The van der Waals surface area contributed by atoms with E-state index in [4.69, 9.17) is 11.6 Å². The average Bonchev–Trinajstić information content (AvgIpc) is 2.86. The Morgan fingerprint density at radius 1 is 0.765 bits per heavy atom. The normalized spacial score (nSPS) is 11.3. The molecule has 7 nitrogen and oxygen atoms in total. The Kier molecular flexibility index (Phi) is 5.83. The first-order valence-electron chi connectivity index (χ1n) is 10.3. The molecule has 0 saturated carbocycles. The van der Waals surface area contributed by atoms with Gasteiger partial charge < -0.3 is 5.32 Å². The zero-order chi connectivity index (χ0) is 23.5. The lowest BCUT2D eigenvalue weighted by molar-refractivity contribution is 0.601. The van der Waals surface area contributed by atoms with E-state index in [1.165, 1.54) is 12.1 Å². The molecule has 5 aromatic rings. The zero-order valence-corrected chi connectivity index (χ0v) is 19.3. The third kappa shape index (κ3) is 4.54. The first-order valence-corrected chi connectivity index (χ1v) is 12.2. The number of hydrogen-bond donors (Lipinski definition) is 2. The van der Waals surface area contributed by atoms with Gasteiger partial charge in [-0.05, 0) is 48.0 Å². The number of para-hydroxylation sites is 1. The van der Waals surface area contributed by atoms with Crippen LogP contribution in [0.25, 0.3) is 22.0 Å². The third-order valence-electron chi connectivity index (χ3n) is 5.16. The molecule has 0 aliphatic carbocycles. The summed E-state index contributed by atoms with van der Waals surface area (Å²) >= 11 is 6.22. The highest BCUT2D eigenvalue weighted by Crippen LogP contribution is 2.32. The van der Waals surface area contributed by atoms with E-state index in [0.717, 1.165) is 27.8 Å². The molecule has 2 aromatic heterocycles. The molecule has 0 fully saturated rings. The molecule has 0 unspecified atom stereocenters. The summed E-state index contributed by atoms with van der Waals surface area (Å²) in [6, 6.07) is 25.2. The lowest BCUT2D eigenvalue weighted by Gasteiger charge is -2.12. The van der Waals surface area contributed by atoms with Crippen LogP contribution in [0.15, 0.2) is 102 Å². The van der Waals surface area contributed by atoms with Crippen LogP contribution in [0.3, 0.4) is 0 Å². The predicted octanol–water partition coefficient (Wildman–Crippen LogP) is 5.89. The number of aromatic nitrogens is 3. The molecule has 168 valence electrons. The van der Waals surface area contributed by atoms with Crippen molar-refractivity contribution in [3.8, 4) is 11.1 Å². The van der Waals surface area contributed by atoms with E-state index in [-0.39, 0.29) is 15.7 Å². The smallest absolute Gasteiger partial charge is 0.261 e. The number of nitrogens with one attached hydrogen (secondary N) is 2. The Bertz CT molecular complexity index is 1580. The van der Waals surface area contributed by atoms with Crippen molar-refractivity contribution in [2.45, 2.75) is 4.90 Å². The van der Waals surface area contributed by atoms with Crippen LogP contribution < -0.4 is 10.0 Å². The molecule has 9 heteroatoms. The molecule has 0 radical (unpaired) electrons. The van der Waals surface area contributed by atoms with Crippen LogP contribution in [-0.2, 0) is 10.0 Å². The summed E-state index contributed by atoms with van der Waals surface area (Å²) in [5, 5.41) is 12.6. The van der Waals surface area contributed by atoms with E-state index in [9.17, 15) is 8.42 Å². The summed E-state index contributed by atoms with van der Waals surface area (Å²) in [6.45, 7) is 0. The minimum atomic E-state index is -3.81. The van der Waals surface area contributed by atoms with Gasteiger partial charge in [0.05, 0.1) is 28.0 Å². The number of benzene rings is 3. The van der Waals surface area contributed by atoms with Gasteiger partial charge in [0.15, 0.2) is 5.15 Å². The monoisotopic (exact) mass is 487 g/mol. The molecule has 2 N–H and O–H groups in total. The van der Waals surface area contributed by atoms with Crippen molar-refractivity contribution in [2.75, 3.05) is 10.0 Å². The first kappa shape index (κ1) is 21.8. The molecule has 0 saturated heterocycles. The largest absolute Gasteiger partial charge is 0.354 e. The maximum absolute atomic E-state index is 12.8. The van der Waals surface area contributed by atoms with Crippen molar-refractivity contribution >= 4 is 49.6 Å². The minimum Gasteiger partial charge on any atom is -0.354 e. The summed E-state index contributed by atoms with van der Waals surface area (Å²) in [7, 11) is -3.81. The number of pyridine rings is 1. The summed E-state index contributed by atoms with van der Waals surface area (Å²) in [4.78, 5) is 4.33. The maximum atomic E-state index is 12.8. The molecule has 34 heavy (non-hydrogen) atoms. The summed E-state index contributed by atoms with van der Waals surface area (Å²) in [5.41, 5.74) is 4.15. The number of halogens is 1. The molecule has 5 rings (SSSR count). The molecule has 3 aromatic carbocycles. The van der Waals surface area contributed by atoms with Gasteiger partial charge in [-0.15, -0.1) is 0 Å². The number of anilines is 3. The Morgan fingerprint density at radius 3 is 2.26 bits per heavy atom. The molecular formula is C25H18ClN5O2S. The van der Waals surface area contributed by atoms with Gasteiger partial charge >= 0.3 is 0 Å². The van der Waals surface area contributed by atoms with Crippen LogP contribution in [0.2, 0.25) is 5.15 Å². The Morgan fingerprint density at radius 2 is 1.50 bits per heavy atom. The maximum Gasteiger partial charge on any atom is 0.261 e. The molecule has 0 aliphatic rings. The second kappa shape index (κ2) is 9.09. The van der Waals surface area contributed by atoms with Crippen molar-refractivity contribution < 1.29 is 8.42 Å². The Balaban J connectivity index is 1.52.